The van der Waals surface area contributed by atoms with Crippen LogP contribution in [0.4, 0.5) is 0 Å². The summed E-state index contributed by atoms with van der Waals surface area (Å²) in [6.45, 7) is 7.91. The average Bonchev–Trinajstić information content (AvgIpc) is 3.51. The summed E-state index contributed by atoms with van der Waals surface area (Å²) in [7, 11) is 0. The second-order valence-corrected chi connectivity index (χ2v) is 9.43. The Morgan fingerprint density at radius 2 is 1.87 bits per heavy atom. The van der Waals surface area contributed by atoms with Crippen molar-refractivity contribution in [2.24, 2.45) is 5.41 Å². The van der Waals surface area contributed by atoms with Gasteiger partial charge in [-0.15, -0.1) is 0 Å². The minimum Gasteiger partial charge on any atom is -0.481 e. The fourth-order valence-electron chi connectivity index (χ4n) is 5.15. The molecule has 0 N–H and O–H groups in total. The number of hydrogen-bond acceptors (Lipinski definition) is 3. The number of hydrogen-bond donors (Lipinski definition) is 0. The summed E-state index contributed by atoms with van der Waals surface area (Å²) in [5.74, 6) is 0.793. The molecule has 2 heterocycles. The van der Waals surface area contributed by atoms with E-state index in [1.165, 1.54) is 41.5 Å². The number of benzene rings is 2. The van der Waals surface area contributed by atoms with Gasteiger partial charge in [-0.05, 0) is 92.3 Å². The van der Waals surface area contributed by atoms with Crippen LogP contribution in [0.5, 0.6) is 5.75 Å². The van der Waals surface area contributed by atoms with E-state index in [9.17, 15) is 4.79 Å². The van der Waals surface area contributed by atoms with Crippen molar-refractivity contribution < 1.29 is 9.53 Å². The number of carbonyl (C=O) groups is 1. The summed E-state index contributed by atoms with van der Waals surface area (Å²) in [6.07, 6.45) is 6.28. The van der Waals surface area contributed by atoms with Gasteiger partial charge < -0.3 is 9.64 Å². The lowest BCUT2D eigenvalue weighted by atomic mass is 9.93. The monoisotopic (exact) mass is 414 g/mol. The molecular weight excluding hydrogens is 384 g/mol. The zero-order valence-corrected chi connectivity index (χ0v) is 18.6. The molecule has 1 saturated heterocycles. The van der Waals surface area contributed by atoms with Gasteiger partial charge in [0, 0.05) is 30.7 Å². The highest BCUT2D eigenvalue weighted by atomic mass is 16.5. The Kier molecular flexibility index (Phi) is 4.96. The van der Waals surface area contributed by atoms with Gasteiger partial charge in [0.1, 0.15) is 5.75 Å². The molecule has 1 aliphatic heterocycles. The third-order valence-electron chi connectivity index (χ3n) is 7.06. The molecule has 0 radical (unpaired) electrons. The lowest BCUT2D eigenvalue weighted by molar-refractivity contribution is -0.140. The number of ether oxygens (including phenoxy) is 1. The summed E-state index contributed by atoms with van der Waals surface area (Å²) in [5, 5.41) is 1.10. The molecule has 0 bridgehead atoms. The predicted octanol–water partition coefficient (Wildman–Crippen LogP) is 5.69. The molecule has 2 fully saturated rings. The number of carbonyl (C=O) groups excluding carboxylic acids is 1. The minimum absolute atomic E-state index is 0.100. The zero-order chi connectivity index (χ0) is 21.6. The van der Waals surface area contributed by atoms with Gasteiger partial charge >= 0.3 is 0 Å². The van der Waals surface area contributed by atoms with Crippen molar-refractivity contribution in [1.82, 2.24) is 9.88 Å². The molecular formula is C27H30N2O2. The van der Waals surface area contributed by atoms with E-state index >= 15 is 0 Å². The van der Waals surface area contributed by atoms with E-state index in [1.807, 2.05) is 30.2 Å². The summed E-state index contributed by atoms with van der Waals surface area (Å²) in [4.78, 5) is 19.6. The van der Waals surface area contributed by atoms with Crippen LogP contribution in [0.1, 0.15) is 43.7 Å². The highest BCUT2D eigenvalue weighted by Crippen LogP contribution is 2.52. The van der Waals surface area contributed by atoms with Gasteiger partial charge in [0.25, 0.3) is 5.91 Å². The van der Waals surface area contributed by atoms with Crippen molar-refractivity contribution in [2.75, 3.05) is 13.1 Å². The topological polar surface area (TPSA) is 42.4 Å². The number of aromatic nitrogens is 1. The maximum atomic E-state index is 13.0. The highest BCUT2D eigenvalue weighted by molar-refractivity contribution is 5.96. The van der Waals surface area contributed by atoms with Gasteiger partial charge in [0.2, 0.25) is 0 Å². The van der Waals surface area contributed by atoms with Crippen molar-refractivity contribution in [2.45, 2.75) is 52.6 Å². The minimum atomic E-state index is -0.492. The Labute approximate surface area is 184 Å². The Morgan fingerprint density at radius 3 is 2.61 bits per heavy atom. The first-order chi connectivity index (χ1) is 15.0. The molecule has 1 saturated carbocycles. The normalized spacial score (nSPS) is 18.2. The third-order valence-corrected chi connectivity index (χ3v) is 7.06. The van der Waals surface area contributed by atoms with Gasteiger partial charge in [-0.25, -0.2) is 0 Å². The van der Waals surface area contributed by atoms with Crippen molar-refractivity contribution in [3.8, 4) is 16.9 Å². The van der Waals surface area contributed by atoms with Crippen LogP contribution in [-0.2, 0) is 4.79 Å². The van der Waals surface area contributed by atoms with E-state index in [1.54, 1.807) is 0 Å². The van der Waals surface area contributed by atoms with Crippen LogP contribution >= 0.6 is 0 Å². The van der Waals surface area contributed by atoms with Crippen LogP contribution in [0.15, 0.2) is 48.7 Å². The quantitative estimate of drug-likeness (QED) is 0.551. The molecule has 4 nitrogen and oxygen atoms in total. The van der Waals surface area contributed by atoms with Crippen LogP contribution in [0.3, 0.4) is 0 Å². The van der Waals surface area contributed by atoms with E-state index < -0.39 is 6.10 Å². The summed E-state index contributed by atoms with van der Waals surface area (Å²) in [6, 6.07) is 14.4. The fraction of sp³-hybridized carbons (Fsp3) is 0.407. The maximum Gasteiger partial charge on any atom is 0.263 e. The molecule has 1 aliphatic carbocycles. The van der Waals surface area contributed by atoms with E-state index in [0.29, 0.717) is 11.2 Å². The Morgan fingerprint density at radius 1 is 1.10 bits per heavy atom. The number of pyridine rings is 1. The number of rotatable bonds is 4. The van der Waals surface area contributed by atoms with Gasteiger partial charge in [0.15, 0.2) is 6.10 Å². The first-order valence-corrected chi connectivity index (χ1v) is 11.4. The average molecular weight is 415 g/mol. The molecule has 1 aromatic heterocycles. The number of aryl methyl sites for hydroxylation is 2. The van der Waals surface area contributed by atoms with E-state index in [2.05, 4.69) is 49.2 Å². The largest absolute Gasteiger partial charge is 0.481 e. The van der Waals surface area contributed by atoms with Gasteiger partial charge in [0.05, 0.1) is 5.52 Å². The number of nitrogens with zero attached hydrogens (tertiary/aromatic N) is 2. The van der Waals surface area contributed by atoms with E-state index in [-0.39, 0.29) is 5.91 Å². The SMILES string of the molecule is Cc1cccc(C)c1-c1ccnc2cc(O[C@H](C)C(=O)N3CCCC4(CC4)C3)ccc12. The molecule has 160 valence electrons. The summed E-state index contributed by atoms with van der Waals surface area (Å²) >= 11 is 0. The molecule has 5 rings (SSSR count). The maximum absolute atomic E-state index is 13.0. The first kappa shape index (κ1) is 20.0. The predicted molar refractivity (Wildman–Crippen MR) is 124 cm³/mol. The van der Waals surface area contributed by atoms with Crippen molar-refractivity contribution in [3.63, 3.8) is 0 Å². The number of piperidine rings is 1. The molecule has 2 aromatic carbocycles. The van der Waals surface area contributed by atoms with Gasteiger partial charge in [-0.1, -0.05) is 18.2 Å². The fourth-order valence-corrected chi connectivity index (χ4v) is 5.15. The smallest absolute Gasteiger partial charge is 0.263 e. The zero-order valence-electron chi connectivity index (χ0n) is 18.6. The standard InChI is InChI=1S/C27H30N2O2/c1-18-6-4-7-19(2)25(18)23-10-14-28-24-16-21(8-9-22(23)24)31-20(3)26(30)29-15-5-11-27(17-29)12-13-27/h4,6-10,14,16,20H,5,11-13,15,17H2,1-3H3/t20-/m1/s1. The first-order valence-electron chi connectivity index (χ1n) is 11.4. The summed E-state index contributed by atoms with van der Waals surface area (Å²) in [5.41, 5.74) is 6.24. The van der Waals surface area contributed by atoms with Gasteiger partial charge in [-0.3, -0.25) is 9.78 Å². The molecule has 4 heteroatoms. The van der Waals surface area contributed by atoms with Crippen molar-refractivity contribution in [1.29, 1.82) is 0 Å². The molecule has 31 heavy (non-hydrogen) atoms. The van der Waals surface area contributed by atoms with Crippen LogP contribution < -0.4 is 4.74 Å². The number of amides is 1. The van der Waals surface area contributed by atoms with Crippen molar-refractivity contribution in [3.05, 3.63) is 59.8 Å². The second-order valence-electron chi connectivity index (χ2n) is 9.43. The third kappa shape index (κ3) is 3.80. The molecule has 1 spiro atoms. The van der Waals surface area contributed by atoms with E-state index in [4.69, 9.17) is 4.74 Å². The second kappa shape index (κ2) is 7.67. The number of likely N-dealkylation sites (tertiary alicyclic amines) is 1. The Balaban J connectivity index is 1.38. The Hall–Kier alpha value is -2.88. The van der Waals surface area contributed by atoms with Crippen LogP contribution in [-0.4, -0.2) is 35.0 Å². The highest BCUT2D eigenvalue weighted by Gasteiger charge is 2.46. The summed E-state index contributed by atoms with van der Waals surface area (Å²) < 4.78 is 6.09. The molecule has 3 aromatic rings. The molecule has 1 amide bonds. The van der Waals surface area contributed by atoms with Crippen molar-refractivity contribution >= 4 is 16.8 Å². The molecule has 0 unspecified atom stereocenters. The van der Waals surface area contributed by atoms with Crippen LogP contribution in [0.25, 0.3) is 22.0 Å². The lowest BCUT2D eigenvalue weighted by Gasteiger charge is -2.34. The van der Waals surface area contributed by atoms with Crippen LogP contribution in [0.2, 0.25) is 0 Å². The molecule has 2 aliphatic rings. The molecule has 1 atom stereocenters. The van der Waals surface area contributed by atoms with Crippen LogP contribution in [0, 0.1) is 19.3 Å². The van der Waals surface area contributed by atoms with E-state index in [0.717, 1.165) is 30.4 Å². The lowest BCUT2D eigenvalue weighted by Crippen LogP contribution is -2.46. The number of fused-ring (bicyclic) bond motifs is 1. The van der Waals surface area contributed by atoms with Gasteiger partial charge in [-0.2, -0.15) is 0 Å². The Bertz CT molecular complexity index is 1130.